The predicted molar refractivity (Wildman–Crippen MR) is 101 cm³/mol. The van der Waals surface area contributed by atoms with E-state index in [1.807, 2.05) is 19.1 Å². The van der Waals surface area contributed by atoms with Crippen LogP contribution in [0.15, 0.2) is 18.2 Å². The molecule has 1 saturated heterocycles. The number of carboxylic acids is 1. The molecule has 2 aromatic rings. The van der Waals surface area contributed by atoms with Gasteiger partial charge in [0.25, 0.3) is 0 Å². The first-order chi connectivity index (χ1) is 14.2. The van der Waals surface area contributed by atoms with Crippen LogP contribution in [0.2, 0.25) is 0 Å². The Morgan fingerprint density at radius 1 is 1.33 bits per heavy atom. The van der Waals surface area contributed by atoms with Gasteiger partial charge < -0.3 is 19.6 Å². The van der Waals surface area contributed by atoms with Gasteiger partial charge in [0.1, 0.15) is 11.8 Å². The molecule has 7 nitrogen and oxygen atoms in total. The second kappa shape index (κ2) is 8.55. The van der Waals surface area contributed by atoms with Crippen molar-refractivity contribution in [2.45, 2.75) is 37.9 Å². The normalized spacial score (nSPS) is 22.1. The molecule has 2 N–H and O–H groups in total. The summed E-state index contributed by atoms with van der Waals surface area (Å²) < 4.78 is 42.6. The number of ether oxygens (including phenoxy) is 2. The summed E-state index contributed by atoms with van der Waals surface area (Å²) in [4.78, 5) is 27.2. The van der Waals surface area contributed by atoms with Crippen molar-refractivity contribution in [1.82, 2.24) is 9.88 Å². The molecule has 1 fully saturated rings. The molecule has 3 heterocycles. The minimum Gasteiger partial charge on any atom is -0.497 e. The Morgan fingerprint density at radius 2 is 2.03 bits per heavy atom. The first-order valence-electron chi connectivity index (χ1n) is 9.57. The average Bonchev–Trinajstić information content (AvgIpc) is 3.28. The lowest BCUT2D eigenvalue weighted by atomic mass is 9.90. The number of aromatic nitrogens is 1. The Kier molecular flexibility index (Phi) is 6.25. The second-order valence-electron chi connectivity index (χ2n) is 7.22. The van der Waals surface area contributed by atoms with Gasteiger partial charge in [0.05, 0.1) is 13.7 Å². The first-order valence-corrected chi connectivity index (χ1v) is 9.57. The third-order valence-corrected chi connectivity index (χ3v) is 5.26. The van der Waals surface area contributed by atoms with Gasteiger partial charge in [0, 0.05) is 29.1 Å². The molecule has 30 heavy (non-hydrogen) atoms. The van der Waals surface area contributed by atoms with E-state index < -0.39 is 12.1 Å². The lowest BCUT2D eigenvalue weighted by molar-refractivity contribution is -0.192. The fourth-order valence-electron chi connectivity index (χ4n) is 3.98. The van der Waals surface area contributed by atoms with Crippen LogP contribution in [0.1, 0.15) is 43.0 Å². The van der Waals surface area contributed by atoms with Gasteiger partial charge in [-0.1, -0.05) is 6.92 Å². The molecule has 0 spiro atoms. The number of H-pyrrole nitrogens is 1. The largest absolute Gasteiger partial charge is 0.497 e. The number of methoxy groups -OCH3 is 1. The van der Waals surface area contributed by atoms with Crippen LogP contribution in [-0.4, -0.2) is 59.9 Å². The van der Waals surface area contributed by atoms with E-state index in [9.17, 15) is 18.0 Å². The topological polar surface area (TPSA) is 91.9 Å². The molecule has 1 aromatic carbocycles. The van der Waals surface area contributed by atoms with E-state index in [1.54, 1.807) is 7.11 Å². The highest BCUT2D eigenvalue weighted by Crippen LogP contribution is 2.46. The highest BCUT2D eigenvalue weighted by Gasteiger charge is 2.44. The maximum Gasteiger partial charge on any atom is 0.490 e. The summed E-state index contributed by atoms with van der Waals surface area (Å²) in [6, 6.07) is 5.76. The molecule has 2 aliphatic rings. The van der Waals surface area contributed by atoms with Crippen LogP contribution in [0.3, 0.4) is 0 Å². The molecule has 0 aliphatic carbocycles. The number of hydrogen-bond acceptors (Lipinski definition) is 5. The summed E-state index contributed by atoms with van der Waals surface area (Å²) >= 11 is 0. The minimum atomic E-state index is -5.08. The Labute approximate surface area is 170 Å². The number of halogens is 3. The van der Waals surface area contributed by atoms with Crippen molar-refractivity contribution in [1.29, 1.82) is 0 Å². The number of nitrogens with one attached hydrogen (secondary N) is 1. The zero-order valence-electron chi connectivity index (χ0n) is 16.6. The predicted octanol–water partition coefficient (Wildman–Crippen LogP) is 3.61. The van der Waals surface area contributed by atoms with Gasteiger partial charge in [-0.25, -0.2) is 9.59 Å². The number of esters is 1. The molecule has 3 atom stereocenters. The number of alkyl halides is 3. The standard InChI is InChI=1S/C18H22N2O3.C2HF3O2/c1-3-8-23-18(21)17-16-15(11-6-7-20(17)10-11)13-9-12(22-2)4-5-14(13)19-16;3-2(4,5)1(6)7/h4-5,9,11,17,19H,3,6-8,10H2,1-2H3;(H,6,7). The van der Waals surface area contributed by atoms with Crippen molar-refractivity contribution in [2.75, 3.05) is 26.8 Å². The van der Waals surface area contributed by atoms with E-state index in [4.69, 9.17) is 19.4 Å². The van der Waals surface area contributed by atoms with Crippen molar-refractivity contribution < 1.29 is 37.3 Å². The number of benzene rings is 1. The molecule has 2 aliphatic heterocycles. The summed E-state index contributed by atoms with van der Waals surface area (Å²) in [5, 5.41) is 8.30. The highest BCUT2D eigenvalue weighted by molar-refractivity contribution is 5.90. The Bertz CT molecular complexity index is 940. The lowest BCUT2D eigenvalue weighted by Gasteiger charge is -2.30. The third kappa shape index (κ3) is 4.23. The van der Waals surface area contributed by atoms with Crippen LogP contribution in [-0.2, 0) is 14.3 Å². The number of hydrogen-bond donors (Lipinski definition) is 2. The SMILES string of the molecule is CCCOC(=O)C1c2[nH]c3ccc(OC)cc3c2C2CCN1C2.O=C(O)C(F)(F)F. The summed E-state index contributed by atoms with van der Waals surface area (Å²) in [5.74, 6) is -1.55. The Hall–Kier alpha value is -2.75. The van der Waals surface area contributed by atoms with Crippen LogP contribution in [0.25, 0.3) is 10.9 Å². The van der Waals surface area contributed by atoms with E-state index >= 15 is 0 Å². The van der Waals surface area contributed by atoms with Crippen molar-refractivity contribution in [3.05, 3.63) is 29.5 Å². The van der Waals surface area contributed by atoms with Crippen LogP contribution >= 0.6 is 0 Å². The molecule has 0 saturated carbocycles. The third-order valence-electron chi connectivity index (χ3n) is 5.26. The quantitative estimate of drug-likeness (QED) is 0.723. The van der Waals surface area contributed by atoms with E-state index in [0.29, 0.717) is 12.5 Å². The van der Waals surface area contributed by atoms with Crippen LogP contribution in [0, 0.1) is 0 Å². The van der Waals surface area contributed by atoms with Gasteiger partial charge in [-0.15, -0.1) is 0 Å². The molecule has 1 aromatic heterocycles. The summed E-state index contributed by atoms with van der Waals surface area (Å²) in [6.45, 7) is 4.38. The Balaban J connectivity index is 0.000000318. The number of nitrogens with zero attached hydrogens (tertiary/aromatic N) is 1. The number of carbonyl (C=O) groups excluding carboxylic acids is 1. The summed E-state index contributed by atoms with van der Waals surface area (Å²) in [5.41, 5.74) is 3.37. The van der Waals surface area contributed by atoms with E-state index in [0.717, 1.165) is 42.9 Å². The summed E-state index contributed by atoms with van der Waals surface area (Å²) in [6.07, 6.45) is -3.15. The maximum absolute atomic E-state index is 12.6. The van der Waals surface area contributed by atoms with E-state index in [-0.39, 0.29) is 12.0 Å². The van der Waals surface area contributed by atoms with Gasteiger partial charge >= 0.3 is 18.1 Å². The van der Waals surface area contributed by atoms with Crippen molar-refractivity contribution in [3.63, 3.8) is 0 Å². The zero-order chi connectivity index (χ0) is 22.1. The number of fused-ring (bicyclic) bond motifs is 6. The monoisotopic (exact) mass is 428 g/mol. The number of aromatic amines is 1. The van der Waals surface area contributed by atoms with Gasteiger partial charge in [-0.05, 0) is 43.1 Å². The molecule has 10 heteroatoms. The molecule has 3 unspecified atom stereocenters. The number of rotatable bonds is 4. The molecule has 0 amide bonds. The fraction of sp³-hybridized carbons (Fsp3) is 0.500. The number of carboxylic acid groups (broad SMARTS) is 1. The maximum atomic E-state index is 12.6. The smallest absolute Gasteiger partial charge is 0.490 e. The minimum absolute atomic E-state index is 0.132. The molecular formula is C20H23F3N2O5. The molecule has 2 bridgehead atoms. The molecule has 0 radical (unpaired) electrons. The first kappa shape index (κ1) is 21.9. The average molecular weight is 428 g/mol. The lowest BCUT2D eigenvalue weighted by Crippen LogP contribution is -2.37. The summed E-state index contributed by atoms with van der Waals surface area (Å²) in [7, 11) is 1.68. The van der Waals surface area contributed by atoms with Gasteiger partial charge in [-0.3, -0.25) is 4.90 Å². The molecular weight excluding hydrogens is 405 g/mol. The van der Waals surface area contributed by atoms with Crippen molar-refractivity contribution >= 4 is 22.8 Å². The number of carbonyl (C=O) groups is 2. The van der Waals surface area contributed by atoms with E-state index in [2.05, 4.69) is 16.0 Å². The van der Waals surface area contributed by atoms with E-state index in [1.165, 1.54) is 10.9 Å². The molecule has 4 rings (SSSR count). The van der Waals surface area contributed by atoms with Crippen molar-refractivity contribution in [3.8, 4) is 5.75 Å². The highest BCUT2D eigenvalue weighted by atomic mass is 19.4. The van der Waals surface area contributed by atoms with Crippen LogP contribution < -0.4 is 4.74 Å². The van der Waals surface area contributed by atoms with Gasteiger partial charge in [0.15, 0.2) is 0 Å². The zero-order valence-corrected chi connectivity index (χ0v) is 16.6. The number of aliphatic carboxylic acids is 1. The van der Waals surface area contributed by atoms with Gasteiger partial charge in [-0.2, -0.15) is 13.2 Å². The van der Waals surface area contributed by atoms with Crippen LogP contribution in [0.5, 0.6) is 5.75 Å². The Morgan fingerprint density at radius 3 is 2.63 bits per heavy atom. The second-order valence-corrected chi connectivity index (χ2v) is 7.22. The van der Waals surface area contributed by atoms with Gasteiger partial charge in [0.2, 0.25) is 0 Å². The van der Waals surface area contributed by atoms with Crippen LogP contribution in [0.4, 0.5) is 13.2 Å². The fourth-order valence-corrected chi connectivity index (χ4v) is 3.98. The molecule has 164 valence electrons. The van der Waals surface area contributed by atoms with Crippen molar-refractivity contribution in [2.24, 2.45) is 0 Å².